The van der Waals surface area contributed by atoms with Crippen molar-refractivity contribution in [1.82, 2.24) is 9.80 Å². The Kier molecular flexibility index (Phi) is 7.23. The predicted octanol–water partition coefficient (Wildman–Crippen LogP) is 0.485. The molecule has 0 spiro atoms. The molecule has 0 aliphatic rings. The molecular weight excluding hydrogens is 176 g/mol. The Balaban J connectivity index is 4.17. The van der Waals surface area contributed by atoms with E-state index < -0.39 is 0 Å². The normalized spacial score (nSPS) is 12.8. The molecule has 0 aliphatic carbocycles. The van der Waals surface area contributed by atoms with Gasteiger partial charge in [-0.1, -0.05) is 19.9 Å². The van der Waals surface area contributed by atoms with Crippen molar-refractivity contribution < 1.29 is 0 Å². The molecule has 0 unspecified atom stereocenters. The molecule has 0 aromatic rings. The molecule has 0 aromatic heterocycles. The molecule has 0 fully saturated rings. The van der Waals surface area contributed by atoms with E-state index in [1.807, 2.05) is 0 Å². The van der Waals surface area contributed by atoms with Crippen molar-refractivity contribution in [1.29, 1.82) is 0 Å². The molecule has 0 heterocycles. The average molecular weight is 200 g/mol. The first-order valence-corrected chi connectivity index (χ1v) is 6.34. The van der Waals surface area contributed by atoms with Crippen LogP contribution in [-0.4, -0.2) is 53.4 Å². The van der Waals surface area contributed by atoms with Crippen molar-refractivity contribution in [3.8, 4) is 0 Å². The molecule has 2 nitrogen and oxygen atoms in total. The SMILES string of the molecule is CCN(C)C(CC=C[SiH3])N(C)CC. The fourth-order valence-electron chi connectivity index (χ4n) is 1.38. The molecule has 78 valence electrons. The monoisotopic (exact) mass is 200 g/mol. The lowest BCUT2D eigenvalue weighted by Gasteiger charge is -2.33. The Bertz CT molecular complexity index is 138. The van der Waals surface area contributed by atoms with Gasteiger partial charge in [-0.2, -0.15) is 0 Å². The van der Waals surface area contributed by atoms with E-state index >= 15 is 0 Å². The van der Waals surface area contributed by atoms with Gasteiger partial charge in [0.2, 0.25) is 0 Å². The summed E-state index contributed by atoms with van der Waals surface area (Å²) in [7, 11) is 5.56. The third-order valence-electron chi connectivity index (χ3n) is 2.60. The van der Waals surface area contributed by atoms with Gasteiger partial charge < -0.3 is 0 Å². The first-order valence-electron chi connectivity index (χ1n) is 5.18. The molecule has 0 saturated heterocycles. The first kappa shape index (κ1) is 12.9. The van der Waals surface area contributed by atoms with Crippen molar-refractivity contribution in [2.75, 3.05) is 27.2 Å². The highest BCUT2D eigenvalue weighted by atomic mass is 28.1. The van der Waals surface area contributed by atoms with Crippen LogP contribution in [0.3, 0.4) is 0 Å². The fraction of sp³-hybridized carbons (Fsp3) is 0.800. The van der Waals surface area contributed by atoms with E-state index in [2.05, 4.69) is 49.5 Å². The Morgan fingerprint density at radius 3 is 1.92 bits per heavy atom. The van der Waals surface area contributed by atoms with Gasteiger partial charge >= 0.3 is 0 Å². The summed E-state index contributed by atoms with van der Waals surface area (Å²) in [5.41, 5.74) is 2.26. The summed E-state index contributed by atoms with van der Waals surface area (Å²) in [5, 5.41) is 0. The maximum absolute atomic E-state index is 2.39. The Morgan fingerprint density at radius 2 is 1.62 bits per heavy atom. The minimum atomic E-state index is 0.570. The molecule has 0 bridgehead atoms. The summed E-state index contributed by atoms with van der Waals surface area (Å²) in [4.78, 5) is 4.79. The summed E-state index contributed by atoms with van der Waals surface area (Å²) in [6, 6.07) is 0. The maximum atomic E-state index is 2.39. The zero-order valence-electron chi connectivity index (χ0n) is 9.75. The second-order valence-corrected chi connectivity index (χ2v) is 4.10. The predicted molar refractivity (Wildman–Crippen MR) is 64.1 cm³/mol. The van der Waals surface area contributed by atoms with Gasteiger partial charge in [0.15, 0.2) is 0 Å². The molecule has 0 N–H and O–H groups in total. The third kappa shape index (κ3) is 4.60. The van der Waals surface area contributed by atoms with Crippen LogP contribution in [0.15, 0.2) is 11.8 Å². The minimum absolute atomic E-state index is 0.570. The zero-order valence-corrected chi connectivity index (χ0v) is 11.7. The smallest absolute Gasteiger partial charge is 0.0652 e. The Hall–Kier alpha value is -0.123. The minimum Gasteiger partial charge on any atom is -0.291 e. The van der Waals surface area contributed by atoms with E-state index in [9.17, 15) is 0 Å². The van der Waals surface area contributed by atoms with Gasteiger partial charge in [-0.05, 0) is 33.6 Å². The molecule has 0 aromatic carbocycles. The molecule has 0 saturated carbocycles. The molecule has 0 atom stereocenters. The van der Waals surface area contributed by atoms with Crippen molar-refractivity contribution in [3.63, 3.8) is 0 Å². The molecule has 3 heteroatoms. The van der Waals surface area contributed by atoms with Crippen LogP contribution in [-0.2, 0) is 0 Å². The lowest BCUT2D eigenvalue weighted by molar-refractivity contribution is 0.0941. The topological polar surface area (TPSA) is 6.48 Å². The number of hydrogen-bond acceptors (Lipinski definition) is 2. The van der Waals surface area contributed by atoms with Crippen LogP contribution in [0.5, 0.6) is 0 Å². The van der Waals surface area contributed by atoms with Crippen LogP contribution in [0.25, 0.3) is 0 Å². The van der Waals surface area contributed by atoms with E-state index in [0.717, 1.165) is 19.5 Å². The first-order chi connectivity index (χ1) is 6.17. The second-order valence-electron chi connectivity index (χ2n) is 3.43. The summed E-state index contributed by atoms with van der Waals surface area (Å²) in [6.45, 7) is 6.65. The number of hydrogen-bond donors (Lipinski definition) is 0. The van der Waals surface area contributed by atoms with E-state index in [-0.39, 0.29) is 0 Å². The van der Waals surface area contributed by atoms with Gasteiger partial charge in [0.25, 0.3) is 0 Å². The molecule has 0 amide bonds. The molecule has 0 aliphatic heterocycles. The van der Waals surface area contributed by atoms with Gasteiger partial charge in [-0.25, -0.2) is 0 Å². The Morgan fingerprint density at radius 1 is 1.15 bits per heavy atom. The van der Waals surface area contributed by atoms with Crippen molar-refractivity contribution >= 4 is 10.2 Å². The summed E-state index contributed by atoms with van der Waals surface area (Å²) >= 11 is 0. The van der Waals surface area contributed by atoms with E-state index in [0.29, 0.717) is 6.17 Å². The van der Waals surface area contributed by atoms with Crippen LogP contribution in [0.4, 0.5) is 0 Å². The lowest BCUT2D eigenvalue weighted by Crippen LogP contribution is -2.44. The van der Waals surface area contributed by atoms with Crippen molar-refractivity contribution in [3.05, 3.63) is 11.8 Å². The van der Waals surface area contributed by atoms with Gasteiger partial charge in [-0.3, -0.25) is 9.80 Å². The van der Waals surface area contributed by atoms with Gasteiger partial charge in [0, 0.05) is 10.2 Å². The van der Waals surface area contributed by atoms with Gasteiger partial charge in [0.05, 0.1) is 6.17 Å². The largest absolute Gasteiger partial charge is 0.291 e. The average Bonchev–Trinajstić information content (AvgIpc) is 2.17. The van der Waals surface area contributed by atoms with Crippen LogP contribution < -0.4 is 0 Å². The second kappa shape index (κ2) is 7.30. The number of rotatable bonds is 6. The van der Waals surface area contributed by atoms with Crippen molar-refractivity contribution in [2.45, 2.75) is 26.4 Å². The highest BCUT2D eigenvalue weighted by Gasteiger charge is 2.14. The summed E-state index contributed by atoms with van der Waals surface area (Å²) in [5.74, 6) is 0. The van der Waals surface area contributed by atoms with E-state index in [1.165, 1.54) is 10.2 Å². The highest BCUT2D eigenvalue weighted by Crippen LogP contribution is 2.06. The number of nitrogens with zero attached hydrogens (tertiary/aromatic N) is 2. The lowest BCUT2D eigenvalue weighted by atomic mass is 10.2. The molecule has 0 rings (SSSR count). The van der Waals surface area contributed by atoms with Crippen LogP contribution >= 0.6 is 0 Å². The standard InChI is InChI=1S/C10H24N2Si/c1-5-11(3)10(8-7-9-13)12(4)6-2/h7,9-10H,5-6,8H2,1-4,13H3. The summed E-state index contributed by atoms with van der Waals surface area (Å²) in [6.07, 6.45) is 4.02. The van der Waals surface area contributed by atoms with Gasteiger partial charge in [0.1, 0.15) is 0 Å². The van der Waals surface area contributed by atoms with Crippen LogP contribution in [0.2, 0.25) is 0 Å². The van der Waals surface area contributed by atoms with Crippen LogP contribution in [0.1, 0.15) is 20.3 Å². The maximum Gasteiger partial charge on any atom is 0.0652 e. The molecule has 0 radical (unpaired) electrons. The van der Waals surface area contributed by atoms with Crippen LogP contribution in [0, 0.1) is 0 Å². The van der Waals surface area contributed by atoms with E-state index in [1.54, 1.807) is 0 Å². The fourth-order valence-corrected chi connectivity index (χ4v) is 1.65. The van der Waals surface area contributed by atoms with Crippen molar-refractivity contribution in [2.24, 2.45) is 0 Å². The van der Waals surface area contributed by atoms with E-state index in [4.69, 9.17) is 0 Å². The summed E-state index contributed by atoms with van der Waals surface area (Å²) < 4.78 is 0. The van der Waals surface area contributed by atoms with Gasteiger partial charge in [-0.15, -0.1) is 5.70 Å². The molecule has 13 heavy (non-hydrogen) atoms. The quantitative estimate of drug-likeness (QED) is 0.455. The highest BCUT2D eigenvalue weighted by molar-refractivity contribution is 6.16. The zero-order chi connectivity index (χ0) is 10.3. The third-order valence-corrected chi connectivity index (χ3v) is 3.07. The molecular formula is C10H24N2Si. The Labute approximate surface area is 86.0 Å².